The van der Waals surface area contributed by atoms with Crippen LogP contribution in [0.4, 0.5) is 4.39 Å². The van der Waals surface area contributed by atoms with Gasteiger partial charge >= 0.3 is 5.97 Å². The Morgan fingerprint density at radius 2 is 2.14 bits per heavy atom. The second kappa shape index (κ2) is 6.89. The number of nitrogens with one attached hydrogen (secondary N) is 1. The van der Waals surface area contributed by atoms with E-state index in [1.807, 2.05) is 0 Å². The third-order valence-electron chi connectivity index (χ3n) is 3.76. The summed E-state index contributed by atoms with van der Waals surface area (Å²) in [6.45, 7) is 0. The maximum Gasteiger partial charge on any atom is 0.305 e. The van der Waals surface area contributed by atoms with E-state index in [9.17, 15) is 14.0 Å². The van der Waals surface area contributed by atoms with Crippen molar-refractivity contribution in [2.75, 3.05) is 0 Å². The number of carbonyl (C=O) groups is 2. The van der Waals surface area contributed by atoms with Crippen molar-refractivity contribution in [3.63, 3.8) is 0 Å². The van der Waals surface area contributed by atoms with Gasteiger partial charge in [-0.1, -0.05) is 24.1 Å². The van der Waals surface area contributed by atoms with E-state index in [0.717, 1.165) is 19.3 Å². The highest BCUT2D eigenvalue weighted by Gasteiger charge is 2.24. The number of hydrogen-bond acceptors (Lipinski definition) is 2. The number of carboxylic acid groups (broad SMARTS) is 1. The van der Waals surface area contributed by atoms with Gasteiger partial charge in [0.15, 0.2) is 0 Å². The van der Waals surface area contributed by atoms with E-state index in [4.69, 9.17) is 16.7 Å². The quantitative estimate of drug-likeness (QED) is 0.846. The zero-order chi connectivity index (χ0) is 15.4. The molecule has 1 amide bonds. The molecule has 0 saturated heterocycles. The summed E-state index contributed by atoms with van der Waals surface area (Å²) in [6, 6.07) is 3.31. The smallest absolute Gasteiger partial charge is 0.305 e. The van der Waals surface area contributed by atoms with Crippen molar-refractivity contribution in [1.29, 1.82) is 0 Å². The Hall–Kier alpha value is -1.62. The van der Waals surface area contributed by atoms with Crippen molar-refractivity contribution >= 4 is 23.5 Å². The average Bonchev–Trinajstić information content (AvgIpc) is 2.36. The molecule has 1 aliphatic rings. The highest BCUT2D eigenvalue weighted by molar-refractivity contribution is 6.30. The Balaban J connectivity index is 2.07. The summed E-state index contributed by atoms with van der Waals surface area (Å²) in [6.07, 6.45) is 3.31. The number of carbonyl (C=O) groups excluding carboxylic acids is 1. The van der Waals surface area contributed by atoms with Crippen LogP contribution in [0.1, 0.15) is 43.7 Å². The van der Waals surface area contributed by atoms with Crippen LogP contribution < -0.4 is 5.32 Å². The number of benzene rings is 1. The molecule has 114 valence electrons. The van der Waals surface area contributed by atoms with Crippen LogP contribution in [-0.4, -0.2) is 17.0 Å². The Kier molecular flexibility index (Phi) is 5.17. The monoisotopic (exact) mass is 313 g/mol. The molecule has 1 aliphatic carbocycles. The SMILES string of the molecule is O=C(O)CC(NC(=O)CC1CCC1)c1ccc(Cl)c(F)c1. The van der Waals surface area contributed by atoms with Crippen molar-refractivity contribution in [3.05, 3.63) is 34.6 Å². The fourth-order valence-corrected chi connectivity index (χ4v) is 2.49. The van der Waals surface area contributed by atoms with Gasteiger partial charge in [-0.25, -0.2) is 4.39 Å². The molecular weight excluding hydrogens is 297 g/mol. The van der Waals surface area contributed by atoms with Gasteiger partial charge in [-0.05, 0) is 36.5 Å². The number of rotatable bonds is 6. The first-order valence-electron chi connectivity index (χ1n) is 6.92. The second-order valence-electron chi connectivity index (χ2n) is 5.39. The molecule has 1 atom stereocenters. The molecule has 1 aromatic rings. The summed E-state index contributed by atoms with van der Waals surface area (Å²) in [7, 11) is 0. The lowest BCUT2D eigenvalue weighted by atomic mass is 9.83. The van der Waals surface area contributed by atoms with Gasteiger partial charge in [0.2, 0.25) is 5.91 Å². The molecule has 1 aromatic carbocycles. The number of hydrogen-bond donors (Lipinski definition) is 2. The van der Waals surface area contributed by atoms with Crippen LogP contribution in [0.2, 0.25) is 5.02 Å². The summed E-state index contributed by atoms with van der Waals surface area (Å²) in [4.78, 5) is 22.9. The molecule has 1 unspecified atom stereocenters. The summed E-state index contributed by atoms with van der Waals surface area (Å²) < 4.78 is 13.5. The fraction of sp³-hybridized carbons (Fsp3) is 0.467. The summed E-state index contributed by atoms with van der Waals surface area (Å²) in [5, 5.41) is 11.6. The van der Waals surface area contributed by atoms with E-state index >= 15 is 0 Å². The Labute approximate surface area is 127 Å². The molecular formula is C15H17ClFNO3. The van der Waals surface area contributed by atoms with Crippen LogP contribution >= 0.6 is 11.6 Å². The number of carboxylic acids is 1. The molecule has 0 spiro atoms. The lowest BCUT2D eigenvalue weighted by Crippen LogP contribution is -2.32. The maximum atomic E-state index is 13.5. The minimum atomic E-state index is -1.06. The van der Waals surface area contributed by atoms with E-state index in [1.165, 1.54) is 18.2 Å². The Bertz CT molecular complexity index is 546. The van der Waals surface area contributed by atoms with Gasteiger partial charge in [0.25, 0.3) is 0 Å². The van der Waals surface area contributed by atoms with Gasteiger partial charge in [-0.3, -0.25) is 9.59 Å². The predicted molar refractivity (Wildman–Crippen MR) is 76.5 cm³/mol. The van der Waals surface area contributed by atoms with Gasteiger partial charge in [0, 0.05) is 6.42 Å². The van der Waals surface area contributed by atoms with E-state index in [0.29, 0.717) is 17.9 Å². The van der Waals surface area contributed by atoms with Gasteiger partial charge in [-0.15, -0.1) is 0 Å². The van der Waals surface area contributed by atoms with Crippen molar-refractivity contribution in [3.8, 4) is 0 Å². The van der Waals surface area contributed by atoms with Crippen LogP contribution in [0.15, 0.2) is 18.2 Å². The van der Waals surface area contributed by atoms with Crippen LogP contribution in [-0.2, 0) is 9.59 Å². The van der Waals surface area contributed by atoms with Gasteiger partial charge < -0.3 is 10.4 Å². The minimum Gasteiger partial charge on any atom is -0.481 e. The zero-order valence-corrected chi connectivity index (χ0v) is 12.2. The van der Waals surface area contributed by atoms with Crippen LogP contribution in [0.5, 0.6) is 0 Å². The molecule has 0 heterocycles. The topological polar surface area (TPSA) is 66.4 Å². The van der Waals surface area contributed by atoms with Crippen molar-refractivity contribution in [2.45, 2.75) is 38.1 Å². The molecule has 2 N–H and O–H groups in total. The number of amides is 1. The normalized spacial score (nSPS) is 16.1. The first-order chi connectivity index (χ1) is 9.95. The van der Waals surface area contributed by atoms with Crippen LogP contribution in [0.25, 0.3) is 0 Å². The number of aliphatic carboxylic acids is 1. The minimum absolute atomic E-state index is 0.0337. The summed E-state index contributed by atoms with van der Waals surface area (Å²) >= 11 is 5.61. The first kappa shape index (κ1) is 15.8. The van der Waals surface area contributed by atoms with Crippen molar-refractivity contribution in [2.24, 2.45) is 5.92 Å². The molecule has 0 aliphatic heterocycles. The lowest BCUT2D eigenvalue weighted by molar-refractivity contribution is -0.137. The van der Waals surface area contributed by atoms with Gasteiger partial charge in [-0.2, -0.15) is 0 Å². The molecule has 21 heavy (non-hydrogen) atoms. The Morgan fingerprint density at radius 1 is 1.43 bits per heavy atom. The molecule has 6 heteroatoms. The summed E-state index contributed by atoms with van der Waals surface area (Å²) in [5.74, 6) is -1.49. The van der Waals surface area contributed by atoms with Gasteiger partial charge in [0.1, 0.15) is 5.82 Å². The molecule has 1 fully saturated rings. The third-order valence-corrected chi connectivity index (χ3v) is 4.07. The van der Waals surface area contributed by atoms with E-state index < -0.39 is 17.8 Å². The molecule has 0 radical (unpaired) electrons. The second-order valence-corrected chi connectivity index (χ2v) is 5.80. The average molecular weight is 314 g/mol. The lowest BCUT2D eigenvalue weighted by Gasteiger charge is -2.26. The van der Waals surface area contributed by atoms with E-state index in [1.54, 1.807) is 0 Å². The highest BCUT2D eigenvalue weighted by atomic mass is 35.5. The summed E-state index contributed by atoms with van der Waals surface area (Å²) in [5.41, 5.74) is 0.404. The zero-order valence-electron chi connectivity index (χ0n) is 11.4. The highest BCUT2D eigenvalue weighted by Crippen LogP contribution is 2.30. The molecule has 2 rings (SSSR count). The predicted octanol–water partition coefficient (Wildman–Crippen LogP) is 3.30. The molecule has 1 saturated carbocycles. The first-order valence-corrected chi connectivity index (χ1v) is 7.29. The third kappa shape index (κ3) is 4.43. The largest absolute Gasteiger partial charge is 0.481 e. The standard InChI is InChI=1S/C15H17ClFNO3/c16-11-5-4-10(7-12(11)17)13(8-15(20)21)18-14(19)6-9-2-1-3-9/h4-5,7,9,13H,1-3,6,8H2,(H,18,19)(H,20,21). The van der Waals surface area contributed by atoms with Crippen molar-refractivity contribution < 1.29 is 19.1 Å². The van der Waals surface area contributed by atoms with Crippen molar-refractivity contribution in [1.82, 2.24) is 5.32 Å². The van der Waals surface area contributed by atoms with Crippen LogP contribution in [0, 0.1) is 11.7 Å². The van der Waals surface area contributed by atoms with Crippen LogP contribution in [0.3, 0.4) is 0 Å². The van der Waals surface area contributed by atoms with Gasteiger partial charge in [0.05, 0.1) is 17.5 Å². The molecule has 0 aromatic heterocycles. The van der Waals surface area contributed by atoms with E-state index in [-0.39, 0.29) is 17.4 Å². The molecule has 0 bridgehead atoms. The number of halogens is 2. The molecule has 4 nitrogen and oxygen atoms in total. The van der Waals surface area contributed by atoms with E-state index in [2.05, 4.69) is 5.32 Å². The Morgan fingerprint density at radius 3 is 2.67 bits per heavy atom. The maximum absolute atomic E-state index is 13.5. The fourth-order valence-electron chi connectivity index (χ4n) is 2.37.